The molecule has 0 aromatic heterocycles. The van der Waals surface area contributed by atoms with Crippen LogP contribution in [0.2, 0.25) is 0 Å². The number of likely N-dealkylation sites (N-methyl/N-ethyl adjacent to an activating group) is 1. The van der Waals surface area contributed by atoms with Gasteiger partial charge in [0.15, 0.2) is 0 Å². The van der Waals surface area contributed by atoms with Crippen molar-refractivity contribution in [1.82, 2.24) is 0 Å². The molecule has 2 nitrogen and oxygen atoms in total. The van der Waals surface area contributed by atoms with Crippen LogP contribution < -0.4 is 4.90 Å². The summed E-state index contributed by atoms with van der Waals surface area (Å²) in [6.07, 6.45) is 4.35. The second kappa shape index (κ2) is 7.03. The molecule has 3 heteroatoms. The molecule has 0 aliphatic carbocycles. The summed E-state index contributed by atoms with van der Waals surface area (Å²) in [5.74, 6) is 0. The minimum absolute atomic E-state index is 0.0423. The average Bonchev–Trinajstić information content (AvgIpc) is 2.54. The van der Waals surface area contributed by atoms with E-state index in [1.54, 1.807) is 0 Å². The van der Waals surface area contributed by atoms with Crippen molar-refractivity contribution in [3.8, 4) is 0 Å². The van der Waals surface area contributed by atoms with Gasteiger partial charge in [0, 0.05) is 28.5 Å². The molecule has 0 bridgehead atoms. The van der Waals surface area contributed by atoms with Crippen LogP contribution in [0.3, 0.4) is 0 Å². The predicted octanol–water partition coefficient (Wildman–Crippen LogP) is 6.84. The summed E-state index contributed by atoms with van der Waals surface area (Å²) in [6, 6.07) is 10.8. The highest BCUT2D eigenvalue weighted by Crippen LogP contribution is 2.40. The van der Waals surface area contributed by atoms with Gasteiger partial charge in [-0.25, -0.2) is 0 Å². The zero-order chi connectivity index (χ0) is 19.1. The number of benzene rings is 2. The van der Waals surface area contributed by atoms with E-state index in [0.29, 0.717) is 0 Å². The van der Waals surface area contributed by atoms with E-state index < -0.39 is 0 Å². The molecule has 0 fully saturated rings. The fourth-order valence-corrected chi connectivity index (χ4v) is 4.41. The lowest BCUT2D eigenvalue weighted by molar-refractivity contribution is 0.566. The molecule has 0 spiro atoms. The van der Waals surface area contributed by atoms with Gasteiger partial charge in [0.1, 0.15) is 0 Å². The first-order chi connectivity index (χ1) is 12.2. The van der Waals surface area contributed by atoms with E-state index in [1.165, 1.54) is 33.5 Å². The van der Waals surface area contributed by atoms with Gasteiger partial charge >= 0.3 is 0 Å². The van der Waals surface area contributed by atoms with E-state index >= 15 is 0 Å². The van der Waals surface area contributed by atoms with Gasteiger partial charge in [0.2, 0.25) is 0 Å². The Morgan fingerprint density at radius 3 is 2.50 bits per heavy atom. The third kappa shape index (κ3) is 3.50. The fourth-order valence-electron chi connectivity index (χ4n) is 3.82. The van der Waals surface area contributed by atoms with E-state index in [0.717, 1.165) is 16.7 Å². The molecular weight excluding hydrogens is 384 g/mol. The molecule has 1 aliphatic rings. The highest BCUT2D eigenvalue weighted by Gasteiger charge is 2.30. The highest BCUT2D eigenvalue weighted by atomic mass is 79.9. The van der Waals surface area contributed by atoms with Gasteiger partial charge < -0.3 is 4.90 Å². The Kier molecular flexibility index (Phi) is 5.12. The molecule has 0 amide bonds. The highest BCUT2D eigenvalue weighted by molar-refractivity contribution is 9.10. The SMILES string of the molecule is CCN1c2cc(C)c(C=Nc3ccc(C)cc3Br)cc2C(C)=CC1(C)C. The molecule has 0 radical (unpaired) electrons. The number of nitrogens with zero attached hydrogens (tertiary/aromatic N) is 2. The summed E-state index contributed by atoms with van der Waals surface area (Å²) < 4.78 is 1.03. The largest absolute Gasteiger partial charge is 0.363 e. The van der Waals surface area contributed by atoms with Gasteiger partial charge in [-0.15, -0.1) is 0 Å². The molecule has 136 valence electrons. The molecule has 0 saturated carbocycles. The summed E-state index contributed by atoms with van der Waals surface area (Å²) in [7, 11) is 0. The molecule has 1 aliphatic heterocycles. The maximum absolute atomic E-state index is 4.71. The number of aliphatic imine (C=N–C) groups is 1. The number of hydrogen-bond acceptors (Lipinski definition) is 2. The lowest BCUT2D eigenvalue weighted by Gasteiger charge is -2.43. The first-order valence-electron chi connectivity index (χ1n) is 9.15. The third-order valence-electron chi connectivity index (χ3n) is 5.13. The Balaban J connectivity index is 2.04. The summed E-state index contributed by atoms with van der Waals surface area (Å²) in [5, 5.41) is 0. The second-order valence-electron chi connectivity index (χ2n) is 7.66. The van der Waals surface area contributed by atoms with Crippen LogP contribution in [0.4, 0.5) is 11.4 Å². The van der Waals surface area contributed by atoms with Crippen molar-refractivity contribution in [2.24, 2.45) is 4.99 Å². The van der Waals surface area contributed by atoms with Crippen molar-refractivity contribution in [2.45, 2.75) is 47.1 Å². The maximum Gasteiger partial charge on any atom is 0.0772 e. The van der Waals surface area contributed by atoms with Gasteiger partial charge in [-0.3, -0.25) is 4.99 Å². The van der Waals surface area contributed by atoms with Gasteiger partial charge in [0.25, 0.3) is 0 Å². The van der Waals surface area contributed by atoms with Gasteiger partial charge in [-0.1, -0.05) is 12.1 Å². The van der Waals surface area contributed by atoms with Gasteiger partial charge in [-0.05, 0) is 104 Å². The van der Waals surface area contributed by atoms with E-state index in [4.69, 9.17) is 4.99 Å². The maximum atomic E-state index is 4.71. The monoisotopic (exact) mass is 410 g/mol. The minimum Gasteiger partial charge on any atom is -0.363 e. The van der Waals surface area contributed by atoms with Crippen LogP contribution in [0.5, 0.6) is 0 Å². The van der Waals surface area contributed by atoms with Crippen molar-refractivity contribution in [1.29, 1.82) is 0 Å². The summed E-state index contributed by atoms with van der Waals surface area (Å²) in [4.78, 5) is 7.19. The number of anilines is 1. The molecule has 2 aromatic carbocycles. The van der Waals surface area contributed by atoms with E-state index in [2.05, 4.69) is 98.8 Å². The number of rotatable bonds is 3. The van der Waals surface area contributed by atoms with Crippen molar-refractivity contribution in [2.75, 3.05) is 11.4 Å². The Morgan fingerprint density at radius 1 is 1.12 bits per heavy atom. The number of fused-ring (bicyclic) bond motifs is 1. The number of halogens is 1. The zero-order valence-corrected chi connectivity index (χ0v) is 18.1. The molecule has 0 unspecified atom stereocenters. The van der Waals surface area contributed by atoms with Crippen LogP contribution in [0, 0.1) is 13.8 Å². The predicted molar refractivity (Wildman–Crippen MR) is 118 cm³/mol. The summed E-state index contributed by atoms with van der Waals surface area (Å²) in [5.41, 5.74) is 8.60. The minimum atomic E-state index is 0.0423. The van der Waals surface area contributed by atoms with Crippen LogP contribution in [0.1, 0.15) is 49.9 Å². The Hall–Kier alpha value is -1.87. The first-order valence-corrected chi connectivity index (χ1v) is 9.94. The van der Waals surface area contributed by atoms with E-state index in [1.807, 2.05) is 6.21 Å². The normalized spacial score (nSPS) is 16.0. The Morgan fingerprint density at radius 2 is 1.85 bits per heavy atom. The summed E-state index contributed by atoms with van der Waals surface area (Å²) >= 11 is 3.61. The molecule has 0 N–H and O–H groups in total. The molecule has 1 heterocycles. The smallest absolute Gasteiger partial charge is 0.0772 e. The Labute approximate surface area is 165 Å². The zero-order valence-electron chi connectivity index (χ0n) is 16.5. The van der Waals surface area contributed by atoms with Gasteiger partial charge in [-0.2, -0.15) is 0 Å². The standard InChI is InChI=1S/C23H27BrN2/c1-7-26-22-11-16(3)18(12-19(22)17(4)13-23(26,5)6)14-25-21-9-8-15(2)10-20(21)24/h8-14H,7H2,1-6H3. The lowest BCUT2D eigenvalue weighted by Crippen LogP contribution is -2.45. The van der Waals surface area contributed by atoms with Crippen LogP contribution in [-0.2, 0) is 0 Å². The third-order valence-corrected chi connectivity index (χ3v) is 5.76. The molecular formula is C23H27BrN2. The van der Waals surface area contributed by atoms with E-state index in [9.17, 15) is 0 Å². The lowest BCUT2D eigenvalue weighted by atomic mass is 9.87. The number of hydrogen-bond donors (Lipinski definition) is 0. The van der Waals surface area contributed by atoms with Crippen molar-refractivity contribution in [3.05, 3.63) is 63.1 Å². The van der Waals surface area contributed by atoms with E-state index in [-0.39, 0.29) is 5.54 Å². The van der Waals surface area contributed by atoms with Crippen LogP contribution in [-0.4, -0.2) is 18.3 Å². The molecule has 0 saturated heterocycles. The second-order valence-corrected chi connectivity index (χ2v) is 8.52. The summed E-state index contributed by atoms with van der Waals surface area (Å²) in [6.45, 7) is 14.2. The number of aryl methyl sites for hydroxylation is 2. The molecule has 3 rings (SSSR count). The van der Waals surface area contributed by atoms with Crippen molar-refractivity contribution >= 4 is 39.1 Å². The van der Waals surface area contributed by atoms with Crippen LogP contribution >= 0.6 is 15.9 Å². The van der Waals surface area contributed by atoms with Crippen LogP contribution in [0.15, 0.2) is 45.9 Å². The average molecular weight is 411 g/mol. The molecule has 2 aromatic rings. The molecule has 26 heavy (non-hydrogen) atoms. The van der Waals surface area contributed by atoms with Crippen LogP contribution in [0.25, 0.3) is 5.57 Å². The number of allylic oxidation sites excluding steroid dienone is 1. The van der Waals surface area contributed by atoms with Crippen molar-refractivity contribution in [3.63, 3.8) is 0 Å². The molecule has 0 atom stereocenters. The van der Waals surface area contributed by atoms with Crippen molar-refractivity contribution < 1.29 is 0 Å². The quantitative estimate of drug-likeness (QED) is 0.505. The fraction of sp³-hybridized carbons (Fsp3) is 0.348. The Bertz CT molecular complexity index is 907. The van der Waals surface area contributed by atoms with Gasteiger partial charge in [0.05, 0.1) is 11.2 Å². The topological polar surface area (TPSA) is 15.6 Å². The first kappa shape index (κ1) is 18.9.